The summed E-state index contributed by atoms with van der Waals surface area (Å²) >= 11 is 0. The summed E-state index contributed by atoms with van der Waals surface area (Å²) in [6.07, 6.45) is 0.886. The molecular weight excluding hydrogens is 350 g/mol. The van der Waals surface area contributed by atoms with Gasteiger partial charge in [0.1, 0.15) is 6.04 Å². The quantitative estimate of drug-likeness (QED) is 0.825. The number of nitrogens with one attached hydrogen (secondary N) is 2. The zero-order valence-corrected chi connectivity index (χ0v) is 17.2. The lowest BCUT2D eigenvalue weighted by molar-refractivity contribution is -0.123. The third-order valence-electron chi connectivity index (χ3n) is 5.02. The average molecular weight is 380 g/mol. The second-order valence-corrected chi connectivity index (χ2v) is 8.54. The van der Waals surface area contributed by atoms with E-state index in [1.54, 1.807) is 0 Å². The first-order chi connectivity index (χ1) is 13.2. The molecule has 0 saturated carbocycles. The maximum absolute atomic E-state index is 13.1. The van der Waals surface area contributed by atoms with Gasteiger partial charge in [-0.3, -0.25) is 9.59 Å². The van der Waals surface area contributed by atoms with Crippen molar-refractivity contribution in [3.8, 4) is 0 Å². The van der Waals surface area contributed by atoms with Crippen molar-refractivity contribution in [2.75, 3.05) is 15.5 Å². The van der Waals surface area contributed by atoms with Gasteiger partial charge in [0.25, 0.3) is 0 Å². The number of rotatable bonds is 4. The number of hydrogen-bond acceptors (Lipinski definition) is 3. The fourth-order valence-electron chi connectivity index (χ4n) is 3.39. The molecule has 2 unspecified atom stereocenters. The molecule has 28 heavy (non-hydrogen) atoms. The molecule has 2 aromatic carbocycles. The minimum Gasteiger partial charge on any atom is -0.374 e. The van der Waals surface area contributed by atoms with E-state index in [2.05, 4.69) is 23.6 Å². The van der Waals surface area contributed by atoms with Crippen LogP contribution in [0.5, 0.6) is 0 Å². The Labute approximate surface area is 167 Å². The third-order valence-corrected chi connectivity index (χ3v) is 5.02. The molecule has 0 fully saturated rings. The van der Waals surface area contributed by atoms with Crippen LogP contribution in [0.25, 0.3) is 0 Å². The Bertz CT molecular complexity index is 868. The van der Waals surface area contributed by atoms with Gasteiger partial charge in [0.15, 0.2) is 0 Å². The van der Waals surface area contributed by atoms with E-state index in [1.807, 2.05) is 75.1 Å². The van der Waals surface area contributed by atoms with Crippen LogP contribution in [0.1, 0.15) is 40.2 Å². The second-order valence-electron chi connectivity index (χ2n) is 8.54. The average Bonchev–Trinajstić information content (AvgIpc) is 2.97. The minimum atomic E-state index is -0.444. The summed E-state index contributed by atoms with van der Waals surface area (Å²) in [6.45, 7) is 9.59. The lowest BCUT2D eigenvalue weighted by atomic mass is 9.95. The van der Waals surface area contributed by atoms with E-state index >= 15 is 0 Å². The number of anilines is 3. The Balaban J connectivity index is 1.65. The van der Waals surface area contributed by atoms with Gasteiger partial charge in [-0.2, -0.15) is 0 Å². The first-order valence-electron chi connectivity index (χ1n) is 9.76. The van der Waals surface area contributed by atoms with Crippen LogP contribution >= 0.6 is 0 Å². The largest absolute Gasteiger partial charge is 0.374 e. The van der Waals surface area contributed by atoms with E-state index in [0.717, 1.165) is 23.5 Å². The van der Waals surface area contributed by atoms with Gasteiger partial charge in [-0.1, -0.05) is 39.0 Å². The molecule has 0 aromatic heterocycles. The summed E-state index contributed by atoms with van der Waals surface area (Å²) in [5, 5.41) is 6.18. The van der Waals surface area contributed by atoms with Gasteiger partial charge in [0.2, 0.25) is 11.8 Å². The Morgan fingerprint density at radius 1 is 1.04 bits per heavy atom. The van der Waals surface area contributed by atoms with Crippen molar-refractivity contribution in [1.29, 1.82) is 0 Å². The highest BCUT2D eigenvalue weighted by atomic mass is 16.2. The topological polar surface area (TPSA) is 61.4 Å². The number of benzene rings is 2. The van der Waals surface area contributed by atoms with E-state index in [1.165, 1.54) is 5.56 Å². The minimum absolute atomic E-state index is 0.0292. The van der Waals surface area contributed by atoms with Gasteiger partial charge in [-0.25, -0.2) is 0 Å². The van der Waals surface area contributed by atoms with Crippen LogP contribution in [0.4, 0.5) is 17.1 Å². The van der Waals surface area contributed by atoms with Crippen LogP contribution in [-0.2, 0) is 16.0 Å². The predicted octanol–water partition coefficient (Wildman–Crippen LogP) is 4.45. The van der Waals surface area contributed by atoms with Crippen molar-refractivity contribution in [3.63, 3.8) is 0 Å². The molecule has 1 heterocycles. The van der Waals surface area contributed by atoms with E-state index in [4.69, 9.17) is 0 Å². The van der Waals surface area contributed by atoms with E-state index < -0.39 is 5.41 Å². The van der Waals surface area contributed by atoms with Crippen molar-refractivity contribution < 1.29 is 9.59 Å². The number of carbonyl (C=O) groups is 2. The molecule has 5 heteroatoms. The van der Waals surface area contributed by atoms with Crippen molar-refractivity contribution in [2.45, 2.75) is 53.1 Å². The molecule has 1 aliphatic rings. The number of carbonyl (C=O) groups excluding carboxylic acids is 2. The number of amides is 2. The Morgan fingerprint density at radius 2 is 1.64 bits per heavy atom. The maximum atomic E-state index is 13.1. The number of para-hydroxylation sites is 1. The molecule has 148 valence electrons. The lowest BCUT2D eigenvalue weighted by Gasteiger charge is -2.27. The Hall–Kier alpha value is -2.82. The summed E-state index contributed by atoms with van der Waals surface area (Å²) in [5.74, 6) is 0.0287. The van der Waals surface area contributed by atoms with Crippen molar-refractivity contribution in [3.05, 3.63) is 54.1 Å². The van der Waals surface area contributed by atoms with Gasteiger partial charge in [0.05, 0.1) is 0 Å². The molecule has 5 nitrogen and oxygen atoms in total. The summed E-state index contributed by atoms with van der Waals surface area (Å²) in [7, 11) is 0. The summed E-state index contributed by atoms with van der Waals surface area (Å²) < 4.78 is 0. The highest BCUT2D eigenvalue weighted by Gasteiger charge is 2.33. The smallest absolute Gasteiger partial charge is 0.249 e. The SMILES string of the molecule is CC(Nc1ccc(NC(=O)C(C)(C)C)cc1)C(=O)N1c2ccccc2CC1C. The number of nitrogens with zero attached hydrogens (tertiary/aromatic N) is 1. The first kappa shape index (κ1) is 19.9. The lowest BCUT2D eigenvalue weighted by Crippen LogP contribution is -2.44. The van der Waals surface area contributed by atoms with Gasteiger partial charge in [-0.15, -0.1) is 0 Å². The van der Waals surface area contributed by atoms with E-state index in [9.17, 15) is 9.59 Å². The normalized spacial score (nSPS) is 17.0. The van der Waals surface area contributed by atoms with Crippen molar-refractivity contribution in [1.82, 2.24) is 0 Å². The van der Waals surface area contributed by atoms with Crippen LogP contribution < -0.4 is 15.5 Å². The Kier molecular flexibility index (Phi) is 5.45. The third kappa shape index (κ3) is 4.19. The van der Waals surface area contributed by atoms with E-state index in [-0.39, 0.29) is 23.9 Å². The fraction of sp³-hybridized carbons (Fsp3) is 0.391. The molecule has 0 bridgehead atoms. The zero-order chi connectivity index (χ0) is 20.5. The molecule has 2 amide bonds. The fourth-order valence-corrected chi connectivity index (χ4v) is 3.39. The molecule has 2 N–H and O–H groups in total. The van der Waals surface area contributed by atoms with Crippen LogP contribution in [-0.4, -0.2) is 23.9 Å². The van der Waals surface area contributed by atoms with Crippen molar-refractivity contribution in [2.24, 2.45) is 5.41 Å². The van der Waals surface area contributed by atoms with Gasteiger partial charge in [-0.05, 0) is 56.2 Å². The molecule has 2 aromatic rings. The molecule has 2 atom stereocenters. The van der Waals surface area contributed by atoms with Gasteiger partial charge in [0, 0.05) is 28.5 Å². The molecule has 1 aliphatic heterocycles. The van der Waals surface area contributed by atoms with Crippen LogP contribution in [0.3, 0.4) is 0 Å². The number of fused-ring (bicyclic) bond motifs is 1. The van der Waals surface area contributed by atoms with E-state index in [0.29, 0.717) is 0 Å². The van der Waals surface area contributed by atoms with Gasteiger partial charge >= 0.3 is 0 Å². The monoisotopic (exact) mass is 379 g/mol. The van der Waals surface area contributed by atoms with Crippen LogP contribution in [0.2, 0.25) is 0 Å². The van der Waals surface area contributed by atoms with Crippen molar-refractivity contribution >= 4 is 28.9 Å². The number of hydrogen-bond donors (Lipinski definition) is 2. The van der Waals surface area contributed by atoms with Crippen LogP contribution in [0.15, 0.2) is 48.5 Å². The first-order valence-corrected chi connectivity index (χ1v) is 9.76. The Morgan fingerprint density at radius 3 is 2.29 bits per heavy atom. The van der Waals surface area contributed by atoms with Crippen LogP contribution in [0, 0.1) is 5.41 Å². The molecule has 0 radical (unpaired) electrons. The zero-order valence-electron chi connectivity index (χ0n) is 17.2. The molecular formula is C23H29N3O2. The predicted molar refractivity (Wildman–Crippen MR) is 115 cm³/mol. The highest BCUT2D eigenvalue weighted by Crippen LogP contribution is 2.32. The summed E-state index contributed by atoms with van der Waals surface area (Å²) in [4.78, 5) is 27.0. The molecule has 3 rings (SSSR count). The molecule has 0 aliphatic carbocycles. The maximum Gasteiger partial charge on any atom is 0.249 e. The van der Waals surface area contributed by atoms with Gasteiger partial charge < -0.3 is 15.5 Å². The molecule has 0 spiro atoms. The highest BCUT2D eigenvalue weighted by molar-refractivity contribution is 6.01. The second kappa shape index (κ2) is 7.66. The summed E-state index contributed by atoms with van der Waals surface area (Å²) in [5.41, 5.74) is 3.37. The summed E-state index contributed by atoms with van der Waals surface area (Å²) in [6, 6.07) is 15.3. The standard InChI is InChI=1S/C23H29N3O2/c1-15-14-17-8-6-7-9-20(17)26(15)21(27)16(2)24-18-10-12-19(13-11-18)25-22(28)23(3,4)5/h6-13,15-16,24H,14H2,1-5H3,(H,25,28). The molecule has 0 saturated heterocycles.